The largest absolute Gasteiger partial charge is 0.497 e. The minimum atomic E-state index is 0.243. The molecule has 1 aliphatic heterocycles. The molecule has 0 saturated heterocycles. The number of hydrogen-bond acceptors (Lipinski definition) is 5. The maximum Gasteiger partial charge on any atom is 0.231 e. The molecule has 5 heteroatoms. The third kappa shape index (κ3) is 3.78. The molecule has 0 unspecified atom stereocenters. The van der Waals surface area contributed by atoms with Crippen LogP contribution in [0.25, 0.3) is 33.6 Å². The second kappa shape index (κ2) is 8.03. The molecule has 0 radical (unpaired) electrons. The van der Waals surface area contributed by atoms with E-state index in [2.05, 4.69) is 12.1 Å². The highest BCUT2D eigenvalue weighted by atomic mass is 16.7. The van der Waals surface area contributed by atoms with Gasteiger partial charge in [0.15, 0.2) is 11.5 Å². The number of fused-ring (bicyclic) bond motifs is 1. The molecule has 1 aliphatic rings. The van der Waals surface area contributed by atoms with Crippen LogP contribution in [0.1, 0.15) is 0 Å². The molecule has 31 heavy (non-hydrogen) atoms. The zero-order chi connectivity index (χ0) is 21.2. The second-order valence-corrected chi connectivity index (χ2v) is 7.15. The normalized spacial score (nSPS) is 11.9. The lowest BCUT2D eigenvalue weighted by Gasteiger charge is -2.12. The quantitative estimate of drug-likeness (QED) is 0.414. The zero-order valence-corrected chi connectivity index (χ0v) is 17.3. The first-order chi connectivity index (χ1) is 15.2. The Balaban J connectivity index is 1.66. The molecule has 0 spiro atoms. The van der Waals surface area contributed by atoms with Crippen molar-refractivity contribution in [2.24, 2.45) is 0 Å². The van der Waals surface area contributed by atoms with Crippen molar-refractivity contribution in [1.82, 2.24) is 4.98 Å². The highest BCUT2D eigenvalue weighted by Crippen LogP contribution is 2.37. The van der Waals surface area contributed by atoms with Crippen molar-refractivity contribution < 1.29 is 18.9 Å². The minimum absolute atomic E-state index is 0.243. The summed E-state index contributed by atoms with van der Waals surface area (Å²) < 4.78 is 21.7. The van der Waals surface area contributed by atoms with Gasteiger partial charge in [-0.2, -0.15) is 0 Å². The molecule has 154 valence electrons. The SMILES string of the molecule is COc1ccc(-c2cc(-c3cccc(OC)c3)nc(-c3ccc4c(c3)OCO4)c2)cc1. The lowest BCUT2D eigenvalue weighted by Crippen LogP contribution is -1.93. The van der Waals surface area contributed by atoms with E-state index in [0.717, 1.165) is 56.6 Å². The Morgan fingerprint density at radius 1 is 0.613 bits per heavy atom. The van der Waals surface area contributed by atoms with Crippen molar-refractivity contribution in [3.8, 4) is 56.6 Å². The molecule has 3 aromatic carbocycles. The van der Waals surface area contributed by atoms with Crippen molar-refractivity contribution >= 4 is 0 Å². The fourth-order valence-electron chi connectivity index (χ4n) is 3.61. The average Bonchev–Trinajstić information content (AvgIpc) is 3.32. The molecule has 0 N–H and O–H groups in total. The standard InChI is InChI=1S/C26H21NO4/c1-28-21-9-6-17(7-10-21)20-13-23(18-4-3-5-22(12-18)29-2)27-24(14-20)19-8-11-25-26(15-19)31-16-30-25/h3-15H,16H2,1-2H3. The van der Waals surface area contributed by atoms with Crippen LogP contribution in [-0.4, -0.2) is 26.0 Å². The van der Waals surface area contributed by atoms with Crippen LogP contribution < -0.4 is 18.9 Å². The number of rotatable bonds is 5. The van der Waals surface area contributed by atoms with Crippen LogP contribution in [0.2, 0.25) is 0 Å². The molecule has 0 fully saturated rings. The summed E-state index contributed by atoms with van der Waals surface area (Å²) in [6, 6.07) is 26.0. The maximum atomic E-state index is 5.57. The molecule has 1 aromatic heterocycles. The molecule has 0 atom stereocenters. The van der Waals surface area contributed by atoms with Crippen LogP contribution >= 0.6 is 0 Å². The van der Waals surface area contributed by atoms with Gasteiger partial charge in [-0.3, -0.25) is 0 Å². The van der Waals surface area contributed by atoms with E-state index in [-0.39, 0.29) is 6.79 Å². The van der Waals surface area contributed by atoms with Crippen molar-refractivity contribution in [2.75, 3.05) is 21.0 Å². The Hall–Kier alpha value is -3.99. The van der Waals surface area contributed by atoms with E-state index in [1.54, 1.807) is 14.2 Å². The Kier molecular flexibility index (Phi) is 4.92. The van der Waals surface area contributed by atoms with Gasteiger partial charge < -0.3 is 18.9 Å². The fraction of sp³-hybridized carbons (Fsp3) is 0.115. The Morgan fingerprint density at radius 3 is 2.03 bits per heavy atom. The van der Waals surface area contributed by atoms with Crippen LogP contribution in [0, 0.1) is 0 Å². The van der Waals surface area contributed by atoms with E-state index in [4.69, 9.17) is 23.9 Å². The molecule has 4 aromatic rings. The van der Waals surface area contributed by atoms with Crippen LogP contribution in [0.3, 0.4) is 0 Å². The molecular formula is C26H21NO4. The van der Waals surface area contributed by atoms with Crippen molar-refractivity contribution in [1.29, 1.82) is 0 Å². The van der Waals surface area contributed by atoms with Crippen LogP contribution in [0.4, 0.5) is 0 Å². The monoisotopic (exact) mass is 411 g/mol. The summed E-state index contributed by atoms with van der Waals surface area (Å²) in [5, 5.41) is 0. The summed E-state index contributed by atoms with van der Waals surface area (Å²) >= 11 is 0. The summed E-state index contributed by atoms with van der Waals surface area (Å²) in [7, 11) is 3.33. The van der Waals surface area contributed by atoms with Gasteiger partial charge in [0.25, 0.3) is 0 Å². The molecule has 2 heterocycles. The smallest absolute Gasteiger partial charge is 0.231 e. The number of aromatic nitrogens is 1. The third-order valence-electron chi connectivity index (χ3n) is 5.28. The number of benzene rings is 3. The summed E-state index contributed by atoms with van der Waals surface area (Å²) in [4.78, 5) is 4.96. The molecular weight excluding hydrogens is 390 g/mol. The maximum absolute atomic E-state index is 5.57. The van der Waals surface area contributed by atoms with Gasteiger partial charge in [0.1, 0.15) is 11.5 Å². The van der Waals surface area contributed by atoms with Crippen LogP contribution in [0.15, 0.2) is 78.9 Å². The van der Waals surface area contributed by atoms with Gasteiger partial charge in [0.05, 0.1) is 25.6 Å². The minimum Gasteiger partial charge on any atom is -0.497 e. The number of methoxy groups -OCH3 is 2. The first kappa shape index (κ1) is 19.0. The molecule has 0 amide bonds. The van der Waals surface area contributed by atoms with Gasteiger partial charge in [-0.1, -0.05) is 24.3 Å². The van der Waals surface area contributed by atoms with Gasteiger partial charge in [-0.05, 0) is 65.7 Å². The number of pyridine rings is 1. The molecule has 5 nitrogen and oxygen atoms in total. The van der Waals surface area contributed by atoms with Crippen molar-refractivity contribution in [2.45, 2.75) is 0 Å². The lowest BCUT2D eigenvalue weighted by molar-refractivity contribution is 0.174. The summed E-state index contributed by atoms with van der Waals surface area (Å²) in [5.41, 5.74) is 5.79. The molecule has 5 rings (SSSR count). The summed E-state index contributed by atoms with van der Waals surface area (Å²) in [6.07, 6.45) is 0. The molecule has 0 bridgehead atoms. The Bertz CT molecular complexity index is 1230. The van der Waals surface area contributed by atoms with Gasteiger partial charge in [0.2, 0.25) is 6.79 Å². The first-order valence-corrected chi connectivity index (χ1v) is 9.94. The highest BCUT2D eigenvalue weighted by Gasteiger charge is 2.16. The molecule has 0 saturated carbocycles. The first-order valence-electron chi connectivity index (χ1n) is 9.94. The van der Waals surface area contributed by atoms with E-state index >= 15 is 0 Å². The summed E-state index contributed by atoms with van der Waals surface area (Å²) in [5.74, 6) is 3.10. The van der Waals surface area contributed by atoms with E-state index in [9.17, 15) is 0 Å². The van der Waals surface area contributed by atoms with E-state index in [1.807, 2.05) is 66.7 Å². The Labute approximate surface area is 180 Å². The van der Waals surface area contributed by atoms with E-state index in [0.29, 0.717) is 0 Å². The van der Waals surface area contributed by atoms with E-state index < -0.39 is 0 Å². The van der Waals surface area contributed by atoms with Crippen LogP contribution in [-0.2, 0) is 0 Å². The number of ether oxygens (including phenoxy) is 4. The van der Waals surface area contributed by atoms with Crippen molar-refractivity contribution in [3.05, 3.63) is 78.9 Å². The Morgan fingerprint density at radius 2 is 1.29 bits per heavy atom. The van der Waals surface area contributed by atoms with Gasteiger partial charge >= 0.3 is 0 Å². The average molecular weight is 411 g/mol. The van der Waals surface area contributed by atoms with Gasteiger partial charge in [-0.25, -0.2) is 4.98 Å². The van der Waals surface area contributed by atoms with Gasteiger partial charge in [0, 0.05) is 11.1 Å². The lowest BCUT2D eigenvalue weighted by atomic mass is 9.99. The zero-order valence-electron chi connectivity index (χ0n) is 17.3. The fourth-order valence-corrected chi connectivity index (χ4v) is 3.61. The van der Waals surface area contributed by atoms with Crippen molar-refractivity contribution in [3.63, 3.8) is 0 Å². The van der Waals surface area contributed by atoms with Crippen LogP contribution in [0.5, 0.6) is 23.0 Å². The topological polar surface area (TPSA) is 49.8 Å². The molecule has 0 aliphatic carbocycles. The van der Waals surface area contributed by atoms with E-state index in [1.165, 1.54) is 0 Å². The third-order valence-corrected chi connectivity index (χ3v) is 5.28. The summed E-state index contributed by atoms with van der Waals surface area (Å²) in [6.45, 7) is 0.243. The predicted octanol–water partition coefficient (Wildman–Crippen LogP) is 5.83. The highest BCUT2D eigenvalue weighted by molar-refractivity contribution is 5.78. The predicted molar refractivity (Wildman–Crippen MR) is 120 cm³/mol. The van der Waals surface area contributed by atoms with Gasteiger partial charge in [-0.15, -0.1) is 0 Å². The number of hydrogen-bond donors (Lipinski definition) is 0. The number of nitrogens with zero attached hydrogens (tertiary/aromatic N) is 1. The second-order valence-electron chi connectivity index (χ2n) is 7.15.